The lowest BCUT2D eigenvalue weighted by molar-refractivity contribution is -0.130. The van der Waals surface area contributed by atoms with Crippen LogP contribution in [0.25, 0.3) is 10.9 Å². The molecule has 1 saturated heterocycles. The van der Waals surface area contributed by atoms with Crippen LogP contribution in [0.4, 0.5) is 5.69 Å². The molecular formula is C26H29N3O2. The van der Waals surface area contributed by atoms with Gasteiger partial charge in [0.15, 0.2) is 0 Å². The van der Waals surface area contributed by atoms with E-state index in [1.54, 1.807) is 6.08 Å². The predicted molar refractivity (Wildman–Crippen MR) is 124 cm³/mol. The lowest BCUT2D eigenvalue weighted by atomic mass is 9.88. The summed E-state index contributed by atoms with van der Waals surface area (Å²) in [5.74, 6) is 0.0570. The zero-order valence-electron chi connectivity index (χ0n) is 18.2. The second-order valence-electron chi connectivity index (χ2n) is 8.45. The van der Waals surface area contributed by atoms with E-state index in [1.165, 1.54) is 16.6 Å². The van der Waals surface area contributed by atoms with Gasteiger partial charge in [-0.1, -0.05) is 36.4 Å². The predicted octanol–water partition coefficient (Wildman–Crippen LogP) is 4.44. The number of carbonyl (C=O) groups is 1. The standard InChI is InChI=1S/C26H29N3O2/c1-3-6-24(30)29-18(2)17-22-21-7-4-5-8-23(21)27-25(22)26(29)19-9-11-20(12-10-19)28-13-15-31-16-14-28/h3-12,18,26-27H,13-17H2,1-2H3/b6-3+/t18-,26-/m0/s1. The van der Waals surface area contributed by atoms with Gasteiger partial charge in [0.05, 0.1) is 19.3 Å². The summed E-state index contributed by atoms with van der Waals surface area (Å²) < 4.78 is 5.49. The summed E-state index contributed by atoms with van der Waals surface area (Å²) in [4.78, 5) is 21.2. The lowest BCUT2D eigenvalue weighted by Gasteiger charge is -2.40. The number of aromatic amines is 1. The number of anilines is 1. The molecule has 0 radical (unpaired) electrons. The van der Waals surface area contributed by atoms with Crippen molar-refractivity contribution in [1.82, 2.24) is 9.88 Å². The molecule has 3 heterocycles. The molecule has 2 atom stereocenters. The van der Waals surface area contributed by atoms with Gasteiger partial charge in [-0.3, -0.25) is 4.79 Å². The van der Waals surface area contributed by atoms with Gasteiger partial charge in [0.1, 0.15) is 0 Å². The molecule has 2 aromatic carbocycles. The number of aromatic nitrogens is 1. The fourth-order valence-corrected chi connectivity index (χ4v) is 5.05. The number of hydrogen-bond donors (Lipinski definition) is 1. The van der Waals surface area contributed by atoms with E-state index in [-0.39, 0.29) is 18.0 Å². The van der Waals surface area contributed by atoms with Gasteiger partial charge in [0.25, 0.3) is 0 Å². The molecule has 2 aliphatic heterocycles. The minimum Gasteiger partial charge on any atom is -0.378 e. The van der Waals surface area contributed by atoms with E-state index >= 15 is 0 Å². The maximum Gasteiger partial charge on any atom is 0.247 e. The van der Waals surface area contributed by atoms with E-state index in [9.17, 15) is 4.79 Å². The van der Waals surface area contributed by atoms with Crippen molar-refractivity contribution in [3.63, 3.8) is 0 Å². The number of nitrogens with zero attached hydrogens (tertiary/aromatic N) is 2. The summed E-state index contributed by atoms with van der Waals surface area (Å²) in [7, 11) is 0. The van der Waals surface area contributed by atoms with Crippen molar-refractivity contribution in [1.29, 1.82) is 0 Å². The fourth-order valence-electron chi connectivity index (χ4n) is 5.05. The van der Waals surface area contributed by atoms with Crippen LogP contribution < -0.4 is 4.90 Å². The number of amides is 1. The summed E-state index contributed by atoms with van der Waals surface area (Å²) in [5, 5.41) is 1.26. The number of allylic oxidation sites excluding steroid dienone is 1. The highest BCUT2D eigenvalue weighted by Gasteiger charge is 2.37. The first-order valence-corrected chi connectivity index (χ1v) is 11.1. The van der Waals surface area contributed by atoms with Gasteiger partial charge < -0.3 is 19.5 Å². The molecule has 1 N–H and O–H groups in total. The average Bonchev–Trinajstić information content (AvgIpc) is 3.17. The summed E-state index contributed by atoms with van der Waals surface area (Å²) in [6, 6.07) is 17.1. The first-order chi connectivity index (χ1) is 15.2. The third kappa shape index (κ3) is 3.53. The van der Waals surface area contributed by atoms with E-state index in [2.05, 4.69) is 65.3 Å². The molecule has 0 spiro atoms. The highest BCUT2D eigenvalue weighted by Crippen LogP contribution is 2.41. The molecule has 2 aliphatic rings. The van der Waals surface area contributed by atoms with Crippen molar-refractivity contribution in [2.75, 3.05) is 31.2 Å². The van der Waals surface area contributed by atoms with Crippen molar-refractivity contribution in [2.45, 2.75) is 32.4 Å². The Labute approximate surface area is 183 Å². The van der Waals surface area contributed by atoms with Gasteiger partial charge in [-0.15, -0.1) is 0 Å². The van der Waals surface area contributed by atoms with Gasteiger partial charge >= 0.3 is 0 Å². The molecule has 0 saturated carbocycles. The van der Waals surface area contributed by atoms with E-state index in [1.807, 2.05) is 17.9 Å². The van der Waals surface area contributed by atoms with Crippen molar-refractivity contribution < 1.29 is 9.53 Å². The Balaban J connectivity index is 1.59. The molecular weight excluding hydrogens is 386 g/mol. The summed E-state index contributed by atoms with van der Waals surface area (Å²) in [5.41, 5.74) is 5.94. The zero-order valence-corrected chi connectivity index (χ0v) is 18.2. The summed E-state index contributed by atoms with van der Waals surface area (Å²) in [6.45, 7) is 7.42. The van der Waals surface area contributed by atoms with Crippen LogP contribution in [0.5, 0.6) is 0 Å². The number of para-hydroxylation sites is 1. The number of fused-ring (bicyclic) bond motifs is 3. The second kappa shape index (κ2) is 8.23. The molecule has 0 aliphatic carbocycles. The van der Waals surface area contributed by atoms with Crippen LogP contribution in [-0.2, 0) is 16.0 Å². The smallest absolute Gasteiger partial charge is 0.247 e. The molecule has 31 heavy (non-hydrogen) atoms. The highest BCUT2D eigenvalue weighted by molar-refractivity contribution is 5.90. The van der Waals surface area contributed by atoms with Gasteiger partial charge in [0.2, 0.25) is 5.91 Å². The Hall–Kier alpha value is -3.05. The quantitative estimate of drug-likeness (QED) is 0.643. The number of H-pyrrole nitrogens is 1. The molecule has 0 bridgehead atoms. The third-order valence-corrected chi connectivity index (χ3v) is 6.52. The molecule has 0 unspecified atom stereocenters. The maximum atomic E-state index is 13.1. The van der Waals surface area contributed by atoms with Crippen molar-refractivity contribution in [2.24, 2.45) is 0 Å². The second-order valence-corrected chi connectivity index (χ2v) is 8.45. The lowest BCUT2D eigenvalue weighted by Crippen LogP contribution is -2.45. The number of ether oxygens (including phenoxy) is 1. The average molecular weight is 416 g/mol. The summed E-state index contributed by atoms with van der Waals surface area (Å²) in [6.07, 6.45) is 4.36. The first-order valence-electron chi connectivity index (χ1n) is 11.1. The van der Waals surface area contributed by atoms with Crippen LogP contribution in [0.15, 0.2) is 60.7 Å². The number of nitrogens with one attached hydrogen (secondary N) is 1. The highest BCUT2D eigenvalue weighted by atomic mass is 16.5. The number of rotatable bonds is 3. The Morgan fingerprint density at radius 1 is 1.10 bits per heavy atom. The van der Waals surface area contributed by atoms with Gasteiger partial charge in [0, 0.05) is 41.4 Å². The van der Waals surface area contributed by atoms with E-state index in [4.69, 9.17) is 4.74 Å². The van der Waals surface area contributed by atoms with Crippen LogP contribution in [0.3, 0.4) is 0 Å². The molecule has 5 rings (SSSR count). The van der Waals surface area contributed by atoms with Crippen molar-refractivity contribution >= 4 is 22.5 Å². The monoisotopic (exact) mass is 415 g/mol. The normalized spacial score (nSPS) is 21.6. The number of benzene rings is 2. The van der Waals surface area contributed by atoms with E-state index < -0.39 is 0 Å². The van der Waals surface area contributed by atoms with Gasteiger partial charge in [-0.2, -0.15) is 0 Å². The van der Waals surface area contributed by atoms with Crippen LogP contribution in [0, 0.1) is 0 Å². The van der Waals surface area contributed by atoms with Crippen LogP contribution in [0.2, 0.25) is 0 Å². The number of morpholine rings is 1. The Bertz CT molecular complexity index is 1110. The molecule has 160 valence electrons. The van der Waals surface area contributed by atoms with Crippen LogP contribution in [0.1, 0.15) is 36.7 Å². The molecule has 1 amide bonds. The molecule has 1 fully saturated rings. The third-order valence-electron chi connectivity index (χ3n) is 6.52. The zero-order chi connectivity index (χ0) is 21.4. The minimum absolute atomic E-state index is 0.0570. The van der Waals surface area contributed by atoms with E-state index in [0.717, 1.165) is 49.5 Å². The molecule has 3 aromatic rings. The van der Waals surface area contributed by atoms with Crippen molar-refractivity contribution in [3.8, 4) is 0 Å². The minimum atomic E-state index is -0.131. The SMILES string of the molecule is C/C=C/C(=O)N1[C@@H](c2ccc(N3CCOCC3)cc2)c2[nH]c3ccccc3c2C[C@@H]1C. The van der Waals surface area contributed by atoms with Gasteiger partial charge in [-0.25, -0.2) is 0 Å². The summed E-state index contributed by atoms with van der Waals surface area (Å²) >= 11 is 0. The largest absolute Gasteiger partial charge is 0.378 e. The van der Waals surface area contributed by atoms with Crippen LogP contribution >= 0.6 is 0 Å². The Morgan fingerprint density at radius 2 is 1.84 bits per heavy atom. The van der Waals surface area contributed by atoms with Gasteiger partial charge in [-0.05, 0) is 55.7 Å². The molecule has 5 heteroatoms. The maximum absolute atomic E-state index is 13.1. The van der Waals surface area contributed by atoms with E-state index in [0.29, 0.717) is 0 Å². The molecule has 1 aromatic heterocycles. The van der Waals surface area contributed by atoms with Crippen LogP contribution in [-0.4, -0.2) is 48.1 Å². The topological polar surface area (TPSA) is 48.6 Å². The fraction of sp³-hybridized carbons (Fsp3) is 0.346. The number of hydrogen-bond acceptors (Lipinski definition) is 3. The Morgan fingerprint density at radius 3 is 2.58 bits per heavy atom. The Kier molecular flexibility index (Phi) is 5.28. The van der Waals surface area contributed by atoms with Crippen molar-refractivity contribution in [3.05, 3.63) is 77.5 Å². The number of carbonyl (C=O) groups excluding carboxylic acids is 1. The first kappa shape index (κ1) is 19.9. The molecule has 5 nitrogen and oxygen atoms in total.